The van der Waals surface area contributed by atoms with Crippen LogP contribution in [0.15, 0.2) is 0 Å². The van der Waals surface area contributed by atoms with Crippen LogP contribution in [0.2, 0.25) is 0 Å². The fraction of sp³-hybridized carbons (Fsp3) is 0.947. The van der Waals surface area contributed by atoms with Crippen LogP contribution in [-0.2, 0) is 4.79 Å². The van der Waals surface area contributed by atoms with Gasteiger partial charge in [-0.2, -0.15) is 0 Å². The second-order valence-corrected chi connectivity index (χ2v) is 6.72. The molecule has 0 heterocycles. The van der Waals surface area contributed by atoms with E-state index in [1.807, 2.05) is 0 Å². The molecule has 0 aromatic rings. The summed E-state index contributed by atoms with van der Waals surface area (Å²) < 4.78 is 0. The number of unbranched alkanes of at least 4 members (excludes halogenated alkanes) is 13. The minimum atomic E-state index is -2.10. The summed E-state index contributed by atoms with van der Waals surface area (Å²) in [5.41, 5.74) is 0. The SMILES string of the molecule is CCCCCCCCCCCCCCCCC(O)(O)C(C)=O. The molecule has 3 nitrogen and oxygen atoms in total. The van der Waals surface area contributed by atoms with Crippen LogP contribution in [0.1, 0.15) is 110 Å². The molecule has 0 aliphatic rings. The molecule has 0 saturated carbocycles. The molecule has 0 aliphatic carbocycles. The summed E-state index contributed by atoms with van der Waals surface area (Å²) in [6, 6.07) is 0. The van der Waals surface area contributed by atoms with Gasteiger partial charge in [-0.25, -0.2) is 0 Å². The molecular weight excluding hydrogens is 276 g/mol. The van der Waals surface area contributed by atoms with Gasteiger partial charge in [0.25, 0.3) is 0 Å². The highest BCUT2D eigenvalue weighted by molar-refractivity contribution is 5.82. The maximum atomic E-state index is 10.9. The van der Waals surface area contributed by atoms with E-state index in [0.717, 1.165) is 12.8 Å². The average Bonchev–Trinajstić information content (AvgIpc) is 2.47. The maximum absolute atomic E-state index is 10.9. The van der Waals surface area contributed by atoms with Gasteiger partial charge >= 0.3 is 0 Å². The first-order valence-corrected chi connectivity index (χ1v) is 9.46. The van der Waals surface area contributed by atoms with E-state index >= 15 is 0 Å². The molecule has 22 heavy (non-hydrogen) atoms. The Morgan fingerprint density at radius 3 is 1.32 bits per heavy atom. The fourth-order valence-corrected chi connectivity index (χ4v) is 2.74. The average molecular weight is 315 g/mol. The summed E-state index contributed by atoms with van der Waals surface area (Å²) >= 11 is 0. The molecule has 132 valence electrons. The van der Waals surface area contributed by atoms with Crippen molar-refractivity contribution in [3.8, 4) is 0 Å². The summed E-state index contributed by atoms with van der Waals surface area (Å²) in [5.74, 6) is -2.65. The number of carbonyl (C=O) groups excluding carboxylic acids is 1. The Hall–Kier alpha value is -0.410. The molecule has 0 atom stereocenters. The third kappa shape index (κ3) is 13.3. The zero-order valence-corrected chi connectivity index (χ0v) is 14.9. The molecule has 0 saturated heterocycles. The lowest BCUT2D eigenvalue weighted by Crippen LogP contribution is -2.36. The van der Waals surface area contributed by atoms with Crippen molar-refractivity contribution < 1.29 is 15.0 Å². The first-order valence-electron chi connectivity index (χ1n) is 9.46. The summed E-state index contributed by atoms with van der Waals surface area (Å²) in [6.07, 6.45) is 17.9. The van der Waals surface area contributed by atoms with E-state index in [1.54, 1.807) is 0 Å². The lowest BCUT2D eigenvalue weighted by Gasteiger charge is -2.17. The molecule has 0 aromatic carbocycles. The zero-order chi connectivity index (χ0) is 16.7. The lowest BCUT2D eigenvalue weighted by atomic mass is 10.0. The third-order valence-corrected chi connectivity index (χ3v) is 4.44. The first-order chi connectivity index (χ1) is 10.5. The van der Waals surface area contributed by atoms with Crippen LogP contribution in [0.25, 0.3) is 0 Å². The van der Waals surface area contributed by atoms with Gasteiger partial charge in [-0.15, -0.1) is 0 Å². The summed E-state index contributed by atoms with van der Waals surface area (Å²) in [6.45, 7) is 3.48. The molecule has 2 N–H and O–H groups in total. The summed E-state index contributed by atoms with van der Waals surface area (Å²) in [4.78, 5) is 10.9. The number of rotatable bonds is 16. The van der Waals surface area contributed by atoms with E-state index in [1.165, 1.54) is 77.6 Å². The number of ketones is 1. The Morgan fingerprint density at radius 1 is 0.682 bits per heavy atom. The number of hydrogen-bond acceptors (Lipinski definition) is 3. The molecule has 3 heteroatoms. The van der Waals surface area contributed by atoms with Gasteiger partial charge in [0.2, 0.25) is 5.79 Å². The standard InChI is InChI=1S/C19H38O3/c1-3-4-5-6-7-8-9-10-11-12-13-14-15-16-17-19(21,22)18(2)20/h21-22H,3-17H2,1-2H3. The minimum absolute atomic E-state index is 0.167. The van der Waals surface area contributed by atoms with Gasteiger partial charge in [0.15, 0.2) is 5.78 Å². The van der Waals surface area contributed by atoms with Gasteiger partial charge in [-0.05, 0) is 6.42 Å². The van der Waals surface area contributed by atoms with Crippen molar-refractivity contribution in [2.24, 2.45) is 0 Å². The number of hydrogen-bond donors (Lipinski definition) is 2. The van der Waals surface area contributed by atoms with Crippen LogP contribution in [0.5, 0.6) is 0 Å². The van der Waals surface area contributed by atoms with Crippen molar-refractivity contribution in [2.45, 2.75) is 116 Å². The highest BCUT2D eigenvalue weighted by Crippen LogP contribution is 2.16. The number of aliphatic hydroxyl groups is 2. The van der Waals surface area contributed by atoms with Gasteiger partial charge < -0.3 is 10.2 Å². The van der Waals surface area contributed by atoms with Crippen LogP contribution in [0.4, 0.5) is 0 Å². The van der Waals surface area contributed by atoms with E-state index < -0.39 is 11.6 Å². The molecule has 0 unspecified atom stereocenters. The Balaban J connectivity index is 3.16. The van der Waals surface area contributed by atoms with E-state index in [2.05, 4.69) is 6.92 Å². The Morgan fingerprint density at radius 2 is 1.00 bits per heavy atom. The van der Waals surface area contributed by atoms with Crippen molar-refractivity contribution in [1.29, 1.82) is 0 Å². The fourth-order valence-electron chi connectivity index (χ4n) is 2.74. The van der Waals surface area contributed by atoms with Gasteiger partial charge in [-0.3, -0.25) is 4.79 Å². The van der Waals surface area contributed by atoms with E-state index in [4.69, 9.17) is 0 Å². The quantitative estimate of drug-likeness (QED) is 0.307. The summed E-state index contributed by atoms with van der Waals surface area (Å²) in [7, 11) is 0. The zero-order valence-electron chi connectivity index (χ0n) is 14.9. The predicted octanol–water partition coefficient (Wildman–Crippen LogP) is 5.13. The largest absolute Gasteiger partial charge is 0.360 e. The van der Waals surface area contributed by atoms with Crippen molar-refractivity contribution in [2.75, 3.05) is 0 Å². The third-order valence-electron chi connectivity index (χ3n) is 4.44. The molecular formula is C19H38O3. The van der Waals surface area contributed by atoms with Crippen molar-refractivity contribution in [3.63, 3.8) is 0 Å². The molecule has 0 rings (SSSR count). The minimum Gasteiger partial charge on any atom is -0.360 e. The van der Waals surface area contributed by atoms with Crippen molar-refractivity contribution in [3.05, 3.63) is 0 Å². The van der Waals surface area contributed by atoms with Crippen LogP contribution < -0.4 is 0 Å². The molecule has 0 fully saturated rings. The smallest absolute Gasteiger partial charge is 0.223 e. The molecule has 0 spiro atoms. The first kappa shape index (κ1) is 21.6. The molecule has 0 amide bonds. The van der Waals surface area contributed by atoms with Gasteiger partial charge in [0.05, 0.1) is 0 Å². The monoisotopic (exact) mass is 314 g/mol. The number of Topliss-reactive ketones (excluding diaryl/α,β-unsaturated/α-hetero) is 1. The molecule has 0 aliphatic heterocycles. The Kier molecular flexibility index (Phi) is 13.9. The van der Waals surface area contributed by atoms with Crippen LogP contribution in [0.3, 0.4) is 0 Å². The normalized spacial score (nSPS) is 11.8. The van der Waals surface area contributed by atoms with Crippen LogP contribution >= 0.6 is 0 Å². The lowest BCUT2D eigenvalue weighted by molar-refractivity contribution is -0.183. The Labute approximate surface area is 137 Å². The van der Waals surface area contributed by atoms with E-state index in [9.17, 15) is 15.0 Å². The highest BCUT2D eigenvalue weighted by Gasteiger charge is 2.27. The Bertz CT molecular complexity index is 261. The van der Waals surface area contributed by atoms with Gasteiger partial charge in [0, 0.05) is 13.3 Å². The second-order valence-electron chi connectivity index (χ2n) is 6.72. The van der Waals surface area contributed by atoms with E-state index in [-0.39, 0.29) is 6.42 Å². The topological polar surface area (TPSA) is 57.5 Å². The van der Waals surface area contributed by atoms with E-state index in [0.29, 0.717) is 6.42 Å². The van der Waals surface area contributed by atoms with Gasteiger partial charge in [0.1, 0.15) is 0 Å². The molecule has 0 aromatic heterocycles. The number of carbonyl (C=O) groups is 1. The van der Waals surface area contributed by atoms with Gasteiger partial charge in [-0.1, -0.05) is 90.4 Å². The van der Waals surface area contributed by atoms with Crippen LogP contribution in [-0.4, -0.2) is 21.8 Å². The summed E-state index contributed by atoms with van der Waals surface area (Å²) in [5, 5.41) is 18.8. The van der Waals surface area contributed by atoms with Crippen molar-refractivity contribution in [1.82, 2.24) is 0 Å². The maximum Gasteiger partial charge on any atom is 0.223 e. The predicted molar refractivity (Wildman–Crippen MR) is 92.8 cm³/mol. The second kappa shape index (κ2) is 14.2. The molecule has 0 bridgehead atoms. The highest BCUT2D eigenvalue weighted by atomic mass is 16.5. The van der Waals surface area contributed by atoms with Crippen molar-refractivity contribution >= 4 is 5.78 Å². The molecule has 0 radical (unpaired) electrons. The van der Waals surface area contributed by atoms with Crippen LogP contribution in [0, 0.1) is 0 Å².